The molecule has 0 atom stereocenters. The first-order chi connectivity index (χ1) is 16.9. The van der Waals surface area contributed by atoms with Crippen molar-refractivity contribution < 1.29 is 9.47 Å². The van der Waals surface area contributed by atoms with Gasteiger partial charge < -0.3 is 9.47 Å². The van der Waals surface area contributed by atoms with Crippen LogP contribution in [0, 0.1) is 0 Å². The lowest BCUT2D eigenvalue weighted by Gasteiger charge is -2.30. The predicted octanol–water partition coefficient (Wildman–Crippen LogP) is 8.33. The molecule has 0 saturated heterocycles. The van der Waals surface area contributed by atoms with Crippen LogP contribution >= 0.6 is 34.7 Å². The number of unbranched alkanes of at least 4 members (excludes halogenated alkanes) is 1. The van der Waals surface area contributed by atoms with Gasteiger partial charge in [0.15, 0.2) is 5.82 Å². The monoisotopic (exact) mass is 524 g/mol. The van der Waals surface area contributed by atoms with Crippen molar-refractivity contribution >= 4 is 44.9 Å². The molecule has 2 aromatic carbocycles. The maximum Gasteiger partial charge on any atom is 0.162 e. The number of halogens is 1. The molecule has 3 heterocycles. The van der Waals surface area contributed by atoms with Gasteiger partial charge in [0, 0.05) is 33.0 Å². The van der Waals surface area contributed by atoms with E-state index >= 15 is 0 Å². The summed E-state index contributed by atoms with van der Waals surface area (Å²) in [6.07, 6.45) is 3.04. The van der Waals surface area contributed by atoms with E-state index in [1.54, 1.807) is 23.1 Å². The fourth-order valence-corrected chi connectivity index (χ4v) is 6.42. The van der Waals surface area contributed by atoms with Crippen LogP contribution in [-0.2, 0) is 23.5 Å². The van der Waals surface area contributed by atoms with Gasteiger partial charge in [0.1, 0.15) is 15.6 Å². The van der Waals surface area contributed by atoms with Crippen LogP contribution in [-0.4, -0.2) is 22.2 Å². The standard InChI is InChI=1S/C28H29ClN2O2S2/c1-4-5-14-32-21-12-8-19(9-13-21)25-30-26(34-17-18-6-10-20(29)11-7-18)24-22-15-28(2,3)33-16-23(22)35-27(24)31-25/h6-13H,4-5,14-17H2,1-3H3. The molecule has 182 valence electrons. The highest BCUT2D eigenvalue weighted by Crippen LogP contribution is 2.43. The molecule has 1 aliphatic heterocycles. The maximum absolute atomic E-state index is 6.10. The normalized spacial score (nSPS) is 14.7. The number of nitrogens with zero attached hydrogens (tertiary/aromatic N) is 2. The summed E-state index contributed by atoms with van der Waals surface area (Å²) in [6.45, 7) is 7.84. The Balaban J connectivity index is 1.51. The van der Waals surface area contributed by atoms with Gasteiger partial charge in [-0.15, -0.1) is 23.1 Å². The number of benzene rings is 2. The van der Waals surface area contributed by atoms with Crippen molar-refractivity contribution in [2.45, 2.75) is 63.0 Å². The Labute approximate surface area is 220 Å². The SMILES string of the molecule is CCCCOc1ccc(-c2nc(SCc3ccc(Cl)cc3)c3c4c(sc3n2)COC(C)(C)C4)cc1. The topological polar surface area (TPSA) is 44.2 Å². The van der Waals surface area contributed by atoms with Crippen LogP contribution in [0.5, 0.6) is 5.75 Å². The van der Waals surface area contributed by atoms with Crippen molar-refractivity contribution in [1.29, 1.82) is 0 Å². The molecule has 0 saturated carbocycles. The Morgan fingerprint density at radius 2 is 1.86 bits per heavy atom. The van der Waals surface area contributed by atoms with Gasteiger partial charge in [-0.25, -0.2) is 9.97 Å². The first-order valence-corrected chi connectivity index (χ1v) is 14.2. The maximum atomic E-state index is 6.10. The van der Waals surface area contributed by atoms with Gasteiger partial charge in [-0.3, -0.25) is 0 Å². The van der Waals surface area contributed by atoms with Crippen LogP contribution in [0.1, 0.15) is 49.6 Å². The third-order valence-corrected chi connectivity index (χ3v) is 8.46. The number of rotatable bonds is 8. The molecule has 0 unspecified atom stereocenters. The molecule has 0 radical (unpaired) electrons. The van der Waals surface area contributed by atoms with Crippen LogP contribution in [0.2, 0.25) is 5.02 Å². The fourth-order valence-electron chi connectivity index (χ4n) is 4.11. The van der Waals surface area contributed by atoms with E-state index in [0.717, 1.165) is 63.6 Å². The average molecular weight is 525 g/mol. The number of hydrogen-bond acceptors (Lipinski definition) is 6. The molecule has 35 heavy (non-hydrogen) atoms. The van der Waals surface area contributed by atoms with Gasteiger partial charge in [0.25, 0.3) is 0 Å². The van der Waals surface area contributed by atoms with Gasteiger partial charge in [-0.05, 0) is 67.8 Å². The number of fused-ring (bicyclic) bond motifs is 3. The summed E-state index contributed by atoms with van der Waals surface area (Å²) < 4.78 is 11.9. The van der Waals surface area contributed by atoms with Crippen molar-refractivity contribution in [3.8, 4) is 17.1 Å². The Hall–Kier alpha value is -2.12. The summed E-state index contributed by atoms with van der Waals surface area (Å²) in [5, 5.41) is 2.96. The summed E-state index contributed by atoms with van der Waals surface area (Å²) in [6, 6.07) is 16.1. The van der Waals surface area contributed by atoms with Crippen LogP contribution in [0.25, 0.3) is 21.6 Å². The highest BCUT2D eigenvalue weighted by Gasteiger charge is 2.31. The van der Waals surface area contributed by atoms with Crippen LogP contribution in [0.4, 0.5) is 0 Å². The van der Waals surface area contributed by atoms with E-state index in [0.29, 0.717) is 6.61 Å². The van der Waals surface area contributed by atoms with Crippen molar-refractivity contribution in [3.63, 3.8) is 0 Å². The highest BCUT2D eigenvalue weighted by molar-refractivity contribution is 7.98. The van der Waals surface area contributed by atoms with Crippen molar-refractivity contribution in [2.24, 2.45) is 0 Å². The third kappa shape index (κ3) is 5.67. The lowest BCUT2D eigenvalue weighted by molar-refractivity contribution is -0.0379. The lowest BCUT2D eigenvalue weighted by atomic mass is 9.94. The quantitative estimate of drug-likeness (QED) is 0.132. The largest absolute Gasteiger partial charge is 0.494 e. The van der Waals surface area contributed by atoms with E-state index in [4.69, 9.17) is 31.0 Å². The van der Waals surface area contributed by atoms with E-state index in [9.17, 15) is 0 Å². The van der Waals surface area contributed by atoms with Crippen LogP contribution in [0.15, 0.2) is 53.6 Å². The Bertz CT molecular complexity index is 1320. The molecule has 2 aromatic heterocycles. The van der Waals surface area contributed by atoms with Crippen molar-refractivity contribution in [2.75, 3.05) is 6.61 Å². The van der Waals surface area contributed by atoms with E-state index < -0.39 is 0 Å². The second kappa shape index (κ2) is 10.5. The zero-order valence-electron chi connectivity index (χ0n) is 20.3. The molecule has 0 spiro atoms. The first kappa shape index (κ1) is 24.6. The second-order valence-corrected chi connectivity index (χ2v) is 11.9. The molecule has 4 aromatic rings. The Kier molecular flexibility index (Phi) is 7.35. The van der Waals surface area contributed by atoms with Gasteiger partial charge >= 0.3 is 0 Å². The number of thiophene rings is 1. The molecule has 0 amide bonds. The number of thioether (sulfide) groups is 1. The van der Waals surface area contributed by atoms with Gasteiger partial charge in [-0.1, -0.05) is 37.1 Å². The zero-order valence-corrected chi connectivity index (χ0v) is 22.7. The van der Waals surface area contributed by atoms with Crippen LogP contribution < -0.4 is 4.74 Å². The molecule has 0 aliphatic carbocycles. The minimum absolute atomic E-state index is 0.189. The summed E-state index contributed by atoms with van der Waals surface area (Å²) in [5.74, 6) is 2.44. The molecular weight excluding hydrogens is 496 g/mol. The number of hydrogen-bond donors (Lipinski definition) is 0. The molecule has 1 aliphatic rings. The minimum Gasteiger partial charge on any atom is -0.494 e. The fraction of sp³-hybridized carbons (Fsp3) is 0.357. The smallest absolute Gasteiger partial charge is 0.162 e. The van der Waals surface area contributed by atoms with Crippen molar-refractivity contribution in [1.82, 2.24) is 9.97 Å². The Morgan fingerprint density at radius 3 is 2.60 bits per heavy atom. The zero-order chi connectivity index (χ0) is 24.4. The summed E-state index contributed by atoms with van der Waals surface area (Å²) in [4.78, 5) is 12.4. The molecule has 0 N–H and O–H groups in total. The van der Waals surface area contributed by atoms with E-state index in [-0.39, 0.29) is 5.60 Å². The van der Waals surface area contributed by atoms with Gasteiger partial charge in [0.05, 0.1) is 18.8 Å². The lowest BCUT2D eigenvalue weighted by Crippen LogP contribution is -2.31. The summed E-state index contributed by atoms with van der Waals surface area (Å²) in [5.41, 5.74) is 3.36. The average Bonchev–Trinajstić information content (AvgIpc) is 3.21. The molecular formula is C28H29ClN2O2S2. The second-order valence-electron chi connectivity index (χ2n) is 9.40. The Morgan fingerprint density at radius 1 is 1.09 bits per heavy atom. The molecule has 5 rings (SSSR count). The molecule has 7 heteroatoms. The first-order valence-electron chi connectivity index (χ1n) is 12.0. The number of aromatic nitrogens is 2. The van der Waals surface area contributed by atoms with E-state index in [1.807, 2.05) is 24.3 Å². The molecule has 0 bridgehead atoms. The highest BCUT2D eigenvalue weighted by atomic mass is 35.5. The molecule has 4 nitrogen and oxygen atoms in total. The minimum atomic E-state index is -0.189. The van der Waals surface area contributed by atoms with E-state index in [1.165, 1.54) is 21.4 Å². The summed E-state index contributed by atoms with van der Waals surface area (Å²) >= 11 is 9.58. The summed E-state index contributed by atoms with van der Waals surface area (Å²) in [7, 11) is 0. The van der Waals surface area contributed by atoms with Crippen molar-refractivity contribution in [3.05, 3.63) is 69.6 Å². The van der Waals surface area contributed by atoms with Gasteiger partial charge in [-0.2, -0.15) is 0 Å². The third-order valence-electron chi connectivity index (χ3n) is 6.07. The van der Waals surface area contributed by atoms with E-state index in [2.05, 4.69) is 45.0 Å². The van der Waals surface area contributed by atoms with Gasteiger partial charge in [0.2, 0.25) is 0 Å². The predicted molar refractivity (Wildman–Crippen MR) is 147 cm³/mol. The molecule has 0 fully saturated rings. The van der Waals surface area contributed by atoms with Crippen LogP contribution in [0.3, 0.4) is 0 Å². The number of ether oxygens (including phenoxy) is 2.